The van der Waals surface area contributed by atoms with Crippen molar-refractivity contribution in [2.75, 3.05) is 11.5 Å². The maximum absolute atomic E-state index is 13.3. The van der Waals surface area contributed by atoms with E-state index in [4.69, 9.17) is 32.7 Å². The maximum atomic E-state index is 13.3. The lowest BCUT2D eigenvalue weighted by molar-refractivity contribution is -0.122. The fraction of sp³-hybridized carbons (Fsp3) is 0.148. The van der Waals surface area contributed by atoms with Crippen molar-refractivity contribution in [1.82, 2.24) is 5.32 Å². The summed E-state index contributed by atoms with van der Waals surface area (Å²) < 4.78 is 13.1. The van der Waals surface area contributed by atoms with Gasteiger partial charge in [-0.2, -0.15) is 0 Å². The summed E-state index contributed by atoms with van der Waals surface area (Å²) in [6.07, 6.45) is 1.40. The van der Waals surface area contributed by atoms with Crippen molar-refractivity contribution in [2.45, 2.75) is 20.5 Å². The van der Waals surface area contributed by atoms with Gasteiger partial charge >= 0.3 is 6.03 Å². The minimum Gasteiger partial charge on any atom is -0.490 e. The van der Waals surface area contributed by atoms with Crippen molar-refractivity contribution < 1.29 is 23.9 Å². The molecule has 196 valence electrons. The van der Waals surface area contributed by atoms with E-state index in [9.17, 15) is 14.4 Å². The fourth-order valence-corrected chi connectivity index (χ4v) is 5.14. The number of hydrogen-bond donors (Lipinski definition) is 1. The van der Waals surface area contributed by atoms with Gasteiger partial charge < -0.3 is 9.47 Å². The van der Waals surface area contributed by atoms with Gasteiger partial charge in [0.25, 0.3) is 11.8 Å². The third-order valence-corrected chi connectivity index (χ3v) is 7.33. The smallest absolute Gasteiger partial charge is 0.335 e. The molecule has 1 aliphatic heterocycles. The average Bonchev–Trinajstić information content (AvgIpc) is 2.85. The Bertz CT molecular complexity index is 1490. The highest BCUT2D eigenvalue weighted by atomic mass is 79.9. The van der Waals surface area contributed by atoms with Crippen molar-refractivity contribution in [3.8, 4) is 11.5 Å². The number of rotatable bonds is 7. The van der Waals surface area contributed by atoms with Crippen LogP contribution < -0.4 is 19.7 Å². The highest BCUT2D eigenvalue weighted by Crippen LogP contribution is 2.39. The van der Waals surface area contributed by atoms with Crippen LogP contribution in [0, 0.1) is 6.92 Å². The van der Waals surface area contributed by atoms with Crippen LogP contribution in [0.5, 0.6) is 11.5 Å². The first-order valence-corrected chi connectivity index (χ1v) is 13.6. The molecule has 3 aromatic carbocycles. The van der Waals surface area contributed by atoms with E-state index in [0.29, 0.717) is 49.4 Å². The van der Waals surface area contributed by atoms with Crippen LogP contribution in [-0.4, -0.2) is 24.5 Å². The molecule has 0 aromatic heterocycles. The predicted molar refractivity (Wildman–Crippen MR) is 154 cm³/mol. The normalized spacial score (nSPS) is 14.6. The molecule has 0 spiro atoms. The third kappa shape index (κ3) is 6.07. The molecule has 38 heavy (non-hydrogen) atoms. The molecule has 0 bridgehead atoms. The maximum Gasteiger partial charge on any atom is 0.335 e. The minimum absolute atomic E-state index is 0.195. The molecule has 11 heteroatoms. The first kappa shape index (κ1) is 28.2. The van der Waals surface area contributed by atoms with Crippen LogP contribution in [0.3, 0.4) is 0 Å². The zero-order valence-corrected chi connectivity index (χ0v) is 24.8. The van der Waals surface area contributed by atoms with Crippen molar-refractivity contribution in [3.63, 3.8) is 0 Å². The van der Waals surface area contributed by atoms with E-state index >= 15 is 0 Å². The number of carbonyl (C=O) groups is 3. The van der Waals surface area contributed by atoms with Crippen LogP contribution in [-0.2, 0) is 16.2 Å². The zero-order chi connectivity index (χ0) is 27.6. The first-order valence-electron chi connectivity index (χ1n) is 11.3. The second-order valence-corrected chi connectivity index (χ2v) is 10.8. The van der Waals surface area contributed by atoms with Crippen molar-refractivity contribution >= 4 is 84.7 Å². The number of aryl methyl sites for hydroxylation is 1. The van der Waals surface area contributed by atoms with E-state index in [-0.39, 0.29) is 12.2 Å². The summed E-state index contributed by atoms with van der Waals surface area (Å²) in [5.41, 5.74) is 2.14. The first-order chi connectivity index (χ1) is 18.1. The Balaban J connectivity index is 1.67. The lowest BCUT2D eigenvalue weighted by atomic mass is 10.1. The Morgan fingerprint density at radius 3 is 2.42 bits per heavy atom. The Kier molecular flexibility index (Phi) is 8.82. The molecule has 7 nitrogen and oxygen atoms in total. The standard InChI is InChI=1S/C27H20Br2Cl2N2O5/c1-3-37-23-12-16(10-19(29)24(23)38-13-15-4-6-20(30)21(31)11-15)9-18-25(34)32-27(36)33(26(18)35)22-7-5-17(28)8-14(22)2/h4-12H,3,13H2,1-2H3,(H,32,34,36)/b18-9-. The molecule has 4 amide bonds. The number of imide groups is 2. The van der Waals surface area contributed by atoms with E-state index in [1.807, 2.05) is 6.92 Å². The fourth-order valence-electron chi connectivity index (χ4n) is 3.77. The van der Waals surface area contributed by atoms with Crippen LogP contribution in [0.1, 0.15) is 23.6 Å². The zero-order valence-electron chi connectivity index (χ0n) is 20.1. The lowest BCUT2D eigenvalue weighted by Crippen LogP contribution is -2.54. The number of halogens is 4. The predicted octanol–water partition coefficient (Wildman–Crippen LogP) is 7.47. The number of barbiturate groups is 1. The van der Waals surface area contributed by atoms with E-state index in [0.717, 1.165) is 14.9 Å². The molecule has 0 saturated carbocycles. The summed E-state index contributed by atoms with van der Waals surface area (Å²) in [4.78, 5) is 39.5. The Morgan fingerprint density at radius 1 is 0.974 bits per heavy atom. The summed E-state index contributed by atoms with van der Waals surface area (Å²) in [7, 11) is 0. The van der Waals surface area contributed by atoms with Crippen molar-refractivity contribution in [1.29, 1.82) is 0 Å². The molecule has 1 heterocycles. The Labute approximate surface area is 245 Å². The van der Waals surface area contributed by atoms with Crippen molar-refractivity contribution in [2.24, 2.45) is 0 Å². The SMILES string of the molecule is CCOc1cc(/C=C2/C(=O)NC(=O)N(c3ccc(Br)cc3C)C2=O)cc(Br)c1OCc1ccc(Cl)c(Cl)c1. The van der Waals surface area contributed by atoms with Gasteiger partial charge in [-0.05, 0) is 95.0 Å². The number of nitrogens with one attached hydrogen (secondary N) is 1. The molecule has 3 aromatic rings. The van der Waals surface area contributed by atoms with Crippen LogP contribution in [0.15, 0.2) is 63.0 Å². The molecule has 1 saturated heterocycles. The number of carbonyl (C=O) groups excluding carboxylic acids is 3. The van der Waals surface area contributed by atoms with Gasteiger partial charge in [0.15, 0.2) is 11.5 Å². The van der Waals surface area contributed by atoms with Gasteiger partial charge in [0, 0.05) is 4.47 Å². The summed E-state index contributed by atoms with van der Waals surface area (Å²) >= 11 is 19.0. The molecular weight excluding hydrogens is 663 g/mol. The second kappa shape index (κ2) is 11.9. The van der Waals surface area contributed by atoms with Crippen LogP contribution in [0.25, 0.3) is 6.08 Å². The number of hydrogen-bond acceptors (Lipinski definition) is 5. The third-order valence-electron chi connectivity index (χ3n) is 5.51. The Hall–Kier alpha value is -2.85. The molecule has 0 aliphatic carbocycles. The second-order valence-electron chi connectivity index (χ2n) is 8.19. The molecule has 1 fully saturated rings. The minimum atomic E-state index is -0.815. The molecule has 0 radical (unpaired) electrons. The van der Waals surface area contributed by atoms with E-state index in [2.05, 4.69) is 37.2 Å². The topological polar surface area (TPSA) is 84.9 Å². The number of nitrogens with zero attached hydrogens (tertiary/aromatic N) is 1. The molecule has 0 atom stereocenters. The van der Waals surface area contributed by atoms with Gasteiger partial charge in [-0.3, -0.25) is 14.9 Å². The van der Waals surface area contributed by atoms with Crippen LogP contribution in [0.2, 0.25) is 10.0 Å². The summed E-state index contributed by atoms with van der Waals surface area (Å²) in [5, 5.41) is 3.10. The summed E-state index contributed by atoms with van der Waals surface area (Å²) in [6.45, 7) is 4.13. The van der Waals surface area contributed by atoms with Gasteiger partial charge in [-0.1, -0.05) is 45.2 Å². The van der Waals surface area contributed by atoms with Gasteiger partial charge in [-0.25, -0.2) is 9.69 Å². The quantitative estimate of drug-likeness (QED) is 0.207. The molecule has 4 rings (SSSR count). The highest BCUT2D eigenvalue weighted by Gasteiger charge is 2.37. The largest absolute Gasteiger partial charge is 0.490 e. The molecule has 1 N–H and O–H groups in total. The highest BCUT2D eigenvalue weighted by molar-refractivity contribution is 9.10. The van der Waals surface area contributed by atoms with E-state index in [1.54, 1.807) is 55.5 Å². The number of benzene rings is 3. The Morgan fingerprint density at radius 2 is 1.74 bits per heavy atom. The monoisotopic (exact) mass is 680 g/mol. The lowest BCUT2D eigenvalue weighted by Gasteiger charge is -2.27. The van der Waals surface area contributed by atoms with E-state index in [1.165, 1.54) is 6.08 Å². The summed E-state index contributed by atoms with van der Waals surface area (Å²) in [5.74, 6) is -0.700. The van der Waals surface area contributed by atoms with Gasteiger partial charge in [0.05, 0.1) is 26.8 Å². The summed E-state index contributed by atoms with van der Waals surface area (Å²) in [6, 6.07) is 12.8. The number of ether oxygens (including phenoxy) is 2. The number of amides is 4. The van der Waals surface area contributed by atoms with Crippen LogP contribution in [0.4, 0.5) is 10.5 Å². The van der Waals surface area contributed by atoms with Gasteiger partial charge in [0.2, 0.25) is 0 Å². The van der Waals surface area contributed by atoms with Crippen molar-refractivity contribution in [3.05, 3.63) is 89.8 Å². The number of urea groups is 1. The molecular formula is C27H20Br2Cl2N2O5. The van der Waals surface area contributed by atoms with E-state index < -0.39 is 17.8 Å². The number of anilines is 1. The van der Waals surface area contributed by atoms with Gasteiger partial charge in [0.1, 0.15) is 12.2 Å². The molecule has 1 aliphatic rings. The molecule has 0 unspecified atom stereocenters. The van der Waals surface area contributed by atoms with Gasteiger partial charge in [-0.15, -0.1) is 0 Å². The van der Waals surface area contributed by atoms with Crippen LogP contribution >= 0.6 is 55.1 Å². The average molecular weight is 683 g/mol.